The van der Waals surface area contributed by atoms with Gasteiger partial charge in [0.25, 0.3) is 0 Å². The van der Waals surface area contributed by atoms with Crippen LogP contribution in [0.25, 0.3) is 21.5 Å². The number of anilines is 6. The number of fused-ring (bicyclic) bond motifs is 2. The van der Waals surface area contributed by atoms with Crippen molar-refractivity contribution < 1.29 is 0 Å². The molecule has 0 N–H and O–H groups in total. The van der Waals surface area contributed by atoms with E-state index in [4.69, 9.17) is 0 Å². The molecule has 0 aliphatic heterocycles. The maximum absolute atomic E-state index is 2.48. The third-order valence-corrected chi connectivity index (χ3v) is 10.4. The Morgan fingerprint density at radius 2 is 0.558 bits per heavy atom. The van der Waals surface area contributed by atoms with E-state index in [2.05, 4.69) is 212 Å². The van der Waals surface area contributed by atoms with Crippen molar-refractivity contribution in [3.05, 3.63) is 167 Å². The fourth-order valence-corrected chi connectivity index (χ4v) is 7.19. The average Bonchev–Trinajstić information content (AvgIpc) is 3.11. The van der Waals surface area contributed by atoms with E-state index in [1.807, 2.05) is 0 Å². The fraction of sp³-hybridized carbons (Fsp3) is 0.240. The lowest BCUT2D eigenvalue weighted by molar-refractivity contribution is 0.590. The lowest BCUT2D eigenvalue weighted by Gasteiger charge is -2.34. The molecule has 7 aromatic rings. The molecule has 262 valence electrons. The van der Waals surface area contributed by atoms with Gasteiger partial charge in [0.05, 0.1) is 11.4 Å². The summed E-state index contributed by atoms with van der Waals surface area (Å²) in [6, 6.07) is 50.3. The number of hydrogen-bond acceptors (Lipinski definition) is 2. The van der Waals surface area contributed by atoms with Crippen molar-refractivity contribution >= 4 is 55.7 Å². The molecule has 0 aliphatic carbocycles. The molecule has 0 aliphatic rings. The van der Waals surface area contributed by atoms with Gasteiger partial charge in [0, 0.05) is 44.3 Å². The second-order valence-corrected chi connectivity index (χ2v) is 16.7. The standard InChI is InChI=1S/C50H52N2/c1-33-11-21-39(22-12-33)51(40-23-13-34(2)14-24-40)47-43-29-19-38(50(8,9)10)32-46(43)48(44-30-20-37(31-45(44)47)49(5,6)7)52(41-25-15-35(3)16-26-41)42-27-17-36(4)18-28-42/h11-32H,1-10H3. The topological polar surface area (TPSA) is 6.48 Å². The minimum absolute atomic E-state index is 0.0389. The average molecular weight is 681 g/mol. The van der Waals surface area contributed by atoms with E-state index in [-0.39, 0.29) is 10.8 Å². The molecule has 0 unspecified atom stereocenters. The van der Waals surface area contributed by atoms with Crippen LogP contribution in [0.15, 0.2) is 133 Å². The number of nitrogens with zero attached hydrogens (tertiary/aromatic N) is 2. The molecule has 0 bridgehead atoms. The summed E-state index contributed by atoms with van der Waals surface area (Å²) in [5.74, 6) is 0. The van der Waals surface area contributed by atoms with Crippen LogP contribution in [-0.4, -0.2) is 0 Å². The van der Waals surface area contributed by atoms with Crippen LogP contribution in [-0.2, 0) is 10.8 Å². The van der Waals surface area contributed by atoms with Crippen molar-refractivity contribution in [1.82, 2.24) is 0 Å². The van der Waals surface area contributed by atoms with Gasteiger partial charge in [-0.1, -0.05) is 137 Å². The van der Waals surface area contributed by atoms with Gasteiger partial charge in [0.15, 0.2) is 0 Å². The first kappa shape index (κ1) is 35.1. The normalized spacial score (nSPS) is 12.0. The second-order valence-electron chi connectivity index (χ2n) is 16.7. The van der Waals surface area contributed by atoms with Crippen molar-refractivity contribution in [3.63, 3.8) is 0 Å². The highest BCUT2D eigenvalue weighted by molar-refractivity contribution is 6.23. The zero-order valence-corrected chi connectivity index (χ0v) is 32.6. The summed E-state index contributed by atoms with van der Waals surface area (Å²) in [5.41, 5.74) is 14.5. The second kappa shape index (κ2) is 13.3. The van der Waals surface area contributed by atoms with E-state index in [1.54, 1.807) is 0 Å². The molecule has 0 saturated heterocycles. The van der Waals surface area contributed by atoms with Gasteiger partial charge in [-0.25, -0.2) is 0 Å². The van der Waals surface area contributed by atoms with Gasteiger partial charge >= 0.3 is 0 Å². The van der Waals surface area contributed by atoms with Crippen LogP contribution in [0.4, 0.5) is 34.1 Å². The number of hydrogen-bond donors (Lipinski definition) is 0. The Bertz CT molecular complexity index is 2100. The first-order chi connectivity index (χ1) is 24.7. The molecular weight excluding hydrogens is 629 g/mol. The molecule has 0 saturated carbocycles. The van der Waals surface area contributed by atoms with Gasteiger partial charge in [-0.15, -0.1) is 0 Å². The van der Waals surface area contributed by atoms with Crippen LogP contribution in [0.2, 0.25) is 0 Å². The predicted octanol–water partition coefficient (Wildman–Crippen LogP) is 14.8. The summed E-state index contributed by atoms with van der Waals surface area (Å²) in [4.78, 5) is 4.97. The first-order valence-electron chi connectivity index (χ1n) is 18.6. The third-order valence-electron chi connectivity index (χ3n) is 10.4. The minimum Gasteiger partial charge on any atom is -0.309 e. The van der Waals surface area contributed by atoms with Crippen LogP contribution in [0.1, 0.15) is 74.9 Å². The highest BCUT2D eigenvalue weighted by Crippen LogP contribution is 2.52. The maximum atomic E-state index is 2.48. The predicted molar refractivity (Wildman–Crippen MR) is 227 cm³/mol. The lowest BCUT2D eigenvalue weighted by atomic mass is 9.82. The quantitative estimate of drug-likeness (QED) is 0.127. The van der Waals surface area contributed by atoms with E-state index in [0.717, 1.165) is 22.7 Å². The van der Waals surface area contributed by atoms with Crippen molar-refractivity contribution in [2.24, 2.45) is 0 Å². The molecule has 0 spiro atoms. The largest absolute Gasteiger partial charge is 0.309 e. The minimum atomic E-state index is -0.0389. The maximum Gasteiger partial charge on any atom is 0.0620 e. The molecule has 0 radical (unpaired) electrons. The fourth-order valence-electron chi connectivity index (χ4n) is 7.19. The Morgan fingerprint density at radius 3 is 0.788 bits per heavy atom. The summed E-state index contributed by atoms with van der Waals surface area (Å²) in [5, 5.41) is 4.88. The SMILES string of the molecule is Cc1ccc(N(c2ccc(C)cc2)c2c3ccc(C(C)(C)C)cc3c(N(c3ccc(C)cc3)c3ccc(C)cc3)c3ccc(C(C)(C)C)cc23)cc1. The molecule has 2 heteroatoms. The smallest absolute Gasteiger partial charge is 0.0620 e. The Hall–Kier alpha value is -5.34. The van der Waals surface area contributed by atoms with Crippen LogP contribution in [0.3, 0.4) is 0 Å². The Labute approximate surface area is 311 Å². The Morgan fingerprint density at radius 1 is 0.308 bits per heavy atom. The third kappa shape index (κ3) is 6.71. The highest BCUT2D eigenvalue weighted by Gasteiger charge is 2.28. The van der Waals surface area contributed by atoms with Crippen molar-refractivity contribution in [3.8, 4) is 0 Å². The molecule has 0 atom stereocenters. The Kier molecular flexibility index (Phi) is 8.99. The number of aryl methyl sites for hydroxylation is 4. The highest BCUT2D eigenvalue weighted by atomic mass is 15.2. The van der Waals surface area contributed by atoms with Gasteiger partial charge < -0.3 is 9.80 Å². The molecule has 0 heterocycles. The lowest BCUT2D eigenvalue weighted by Crippen LogP contribution is -2.17. The van der Waals surface area contributed by atoms with Crippen LogP contribution < -0.4 is 9.80 Å². The summed E-state index contributed by atoms with van der Waals surface area (Å²) < 4.78 is 0. The molecule has 0 aromatic heterocycles. The van der Waals surface area contributed by atoms with Gasteiger partial charge in [-0.2, -0.15) is 0 Å². The van der Waals surface area contributed by atoms with Crippen molar-refractivity contribution in [2.45, 2.75) is 80.1 Å². The monoisotopic (exact) mass is 680 g/mol. The van der Waals surface area contributed by atoms with E-state index in [1.165, 1.54) is 66.3 Å². The van der Waals surface area contributed by atoms with Crippen LogP contribution in [0.5, 0.6) is 0 Å². The summed E-state index contributed by atoms with van der Waals surface area (Å²) in [6.45, 7) is 22.5. The van der Waals surface area contributed by atoms with Crippen molar-refractivity contribution in [2.75, 3.05) is 9.80 Å². The van der Waals surface area contributed by atoms with Gasteiger partial charge in [0.1, 0.15) is 0 Å². The van der Waals surface area contributed by atoms with Gasteiger partial charge in [-0.3, -0.25) is 0 Å². The van der Waals surface area contributed by atoms with Gasteiger partial charge in [-0.05, 0) is 110 Å². The zero-order chi connectivity index (χ0) is 36.9. The van der Waals surface area contributed by atoms with E-state index < -0.39 is 0 Å². The van der Waals surface area contributed by atoms with Crippen LogP contribution >= 0.6 is 0 Å². The summed E-state index contributed by atoms with van der Waals surface area (Å²) in [6.07, 6.45) is 0. The van der Waals surface area contributed by atoms with Crippen molar-refractivity contribution in [1.29, 1.82) is 0 Å². The number of benzene rings is 7. The number of rotatable bonds is 6. The van der Waals surface area contributed by atoms with E-state index in [9.17, 15) is 0 Å². The molecule has 7 rings (SSSR count). The molecule has 7 aromatic carbocycles. The molecule has 52 heavy (non-hydrogen) atoms. The zero-order valence-electron chi connectivity index (χ0n) is 32.6. The van der Waals surface area contributed by atoms with Gasteiger partial charge in [0.2, 0.25) is 0 Å². The molecule has 2 nitrogen and oxygen atoms in total. The van der Waals surface area contributed by atoms with E-state index >= 15 is 0 Å². The molecular formula is C50H52N2. The summed E-state index contributed by atoms with van der Waals surface area (Å²) >= 11 is 0. The summed E-state index contributed by atoms with van der Waals surface area (Å²) in [7, 11) is 0. The van der Waals surface area contributed by atoms with Crippen LogP contribution in [0, 0.1) is 27.7 Å². The first-order valence-corrected chi connectivity index (χ1v) is 18.6. The molecule has 0 fully saturated rings. The Balaban J connectivity index is 1.71. The molecule has 0 amide bonds. The van der Waals surface area contributed by atoms with E-state index in [0.29, 0.717) is 0 Å².